The number of para-hydroxylation sites is 1. The molecular weight excluding hydrogens is 200 g/mol. The summed E-state index contributed by atoms with van der Waals surface area (Å²) in [5, 5.41) is 10.0. The molecule has 0 radical (unpaired) electrons. The second kappa shape index (κ2) is 4.71. The highest BCUT2D eigenvalue weighted by atomic mass is 16.5. The molecule has 1 heterocycles. The zero-order chi connectivity index (χ0) is 11.5. The third kappa shape index (κ3) is 2.27. The first-order valence-electron chi connectivity index (χ1n) is 5.80. The SMILES string of the molecule is C=C(CC)CC(O)C1Cc2ccccc2O1. The lowest BCUT2D eigenvalue weighted by Gasteiger charge is -2.18. The third-order valence-corrected chi connectivity index (χ3v) is 3.10. The highest BCUT2D eigenvalue weighted by molar-refractivity contribution is 5.37. The van der Waals surface area contributed by atoms with Crippen LogP contribution in [-0.2, 0) is 6.42 Å². The molecule has 1 aliphatic rings. The Labute approximate surface area is 96.6 Å². The maximum atomic E-state index is 10.0. The Kier molecular flexibility index (Phi) is 3.30. The molecule has 16 heavy (non-hydrogen) atoms. The Morgan fingerprint density at radius 2 is 2.31 bits per heavy atom. The number of hydrogen-bond donors (Lipinski definition) is 1. The number of aliphatic hydroxyl groups is 1. The average Bonchev–Trinajstić information content (AvgIpc) is 2.72. The minimum absolute atomic E-state index is 0.110. The summed E-state index contributed by atoms with van der Waals surface area (Å²) in [6, 6.07) is 7.97. The van der Waals surface area contributed by atoms with E-state index in [1.165, 1.54) is 5.56 Å². The predicted octanol–water partition coefficient (Wildman–Crippen LogP) is 2.71. The molecule has 2 unspecified atom stereocenters. The molecule has 1 N–H and O–H groups in total. The van der Waals surface area contributed by atoms with Gasteiger partial charge in [0.15, 0.2) is 0 Å². The number of aliphatic hydroxyl groups excluding tert-OH is 1. The Balaban J connectivity index is 1.98. The van der Waals surface area contributed by atoms with Crippen molar-refractivity contribution in [2.75, 3.05) is 0 Å². The van der Waals surface area contributed by atoms with Gasteiger partial charge in [0, 0.05) is 6.42 Å². The number of rotatable bonds is 4. The summed E-state index contributed by atoms with van der Waals surface area (Å²) in [6.45, 7) is 5.97. The Bertz CT molecular complexity index is 359. The van der Waals surface area contributed by atoms with Gasteiger partial charge in [-0.05, 0) is 24.5 Å². The fraction of sp³-hybridized carbons (Fsp3) is 0.429. The molecule has 86 valence electrons. The standard InChI is InChI=1S/C14H18O2/c1-3-10(2)8-12(15)14-9-11-6-4-5-7-13(11)16-14/h4-7,12,14-15H,2-3,8-9H2,1H3. The third-order valence-electron chi connectivity index (χ3n) is 3.10. The van der Waals surface area contributed by atoms with Crippen molar-refractivity contribution in [3.63, 3.8) is 0 Å². The van der Waals surface area contributed by atoms with Crippen molar-refractivity contribution in [1.82, 2.24) is 0 Å². The molecule has 0 saturated heterocycles. The van der Waals surface area contributed by atoms with Gasteiger partial charge in [0.25, 0.3) is 0 Å². The van der Waals surface area contributed by atoms with E-state index in [4.69, 9.17) is 4.74 Å². The first kappa shape index (κ1) is 11.2. The first-order valence-corrected chi connectivity index (χ1v) is 5.80. The summed E-state index contributed by atoms with van der Waals surface area (Å²) in [4.78, 5) is 0. The molecule has 1 aliphatic heterocycles. The van der Waals surface area contributed by atoms with Crippen LogP contribution in [0.15, 0.2) is 36.4 Å². The summed E-state index contributed by atoms with van der Waals surface area (Å²) in [7, 11) is 0. The normalized spacial score (nSPS) is 20.0. The highest BCUT2D eigenvalue weighted by Crippen LogP contribution is 2.30. The van der Waals surface area contributed by atoms with Crippen LogP contribution in [-0.4, -0.2) is 17.3 Å². The van der Waals surface area contributed by atoms with Gasteiger partial charge >= 0.3 is 0 Å². The van der Waals surface area contributed by atoms with Crippen molar-refractivity contribution in [3.05, 3.63) is 42.0 Å². The lowest BCUT2D eigenvalue weighted by molar-refractivity contribution is 0.0499. The summed E-state index contributed by atoms with van der Waals surface area (Å²) < 4.78 is 5.72. The van der Waals surface area contributed by atoms with Crippen molar-refractivity contribution in [2.24, 2.45) is 0 Å². The number of ether oxygens (including phenoxy) is 1. The second-order valence-corrected chi connectivity index (χ2v) is 4.34. The van der Waals surface area contributed by atoms with Crippen LogP contribution >= 0.6 is 0 Å². The van der Waals surface area contributed by atoms with Crippen LogP contribution in [0.25, 0.3) is 0 Å². The molecule has 0 bridgehead atoms. The fourth-order valence-corrected chi connectivity index (χ4v) is 2.00. The largest absolute Gasteiger partial charge is 0.487 e. The molecule has 0 fully saturated rings. The van der Waals surface area contributed by atoms with E-state index in [-0.39, 0.29) is 6.10 Å². The van der Waals surface area contributed by atoms with Gasteiger partial charge in [-0.15, -0.1) is 0 Å². The Hall–Kier alpha value is -1.28. The quantitative estimate of drug-likeness (QED) is 0.787. The van der Waals surface area contributed by atoms with Gasteiger partial charge in [0.2, 0.25) is 0 Å². The molecule has 2 atom stereocenters. The zero-order valence-electron chi connectivity index (χ0n) is 9.65. The fourth-order valence-electron chi connectivity index (χ4n) is 2.00. The molecule has 0 spiro atoms. The number of hydrogen-bond acceptors (Lipinski definition) is 2. The number of fused-ring (bicyclic) bond motifs is 1. The predicted molar refractivity (Wildman–Crippen MR) is 64.6 cm³/mol. The van der Waals surface area contributed by atoms with Gasteiger partial charge in [-0.2, -0.15) is 0 Å². The van der Waals surface area contributed by atoms with Gasteiger partial charge in [0.05, 0.1) is 6.10 Å². The molecule has 2 rings (SSSR count). The van der Waals surface area contributed by atoms with Gasteiger partial charge < -0.3 is 9.84 Å². The number of benzene rings is 1. The molecule has 2 heteroatoms. The maximum Gasteiger partial charge on any atom is 0.129 e. The van der Waals surface area contributed by atoms with Crippen LogP contribution in [0.2, 0.25) is 0 Å². The van der Waals surface area contributed by atoms with E-state index < -0.39 is 6.10 Å². The lowest BCUT2D eigenvalue weighted by atomic mass is 10.00. The van der Waals surface area contributed by atoms with E-state index in [0.717, 1.165) is 24.2 Å². The monoisotopic (exact) mass is 218 g/mol. The summed E-state index contributed by atoms with van der Waals surface area (Å²) in [5.41, 5.74) is 2.26. The summed E-state index contributed by atoms with van der Waals surface area (Å²) >= 11 is 0. The van der Waals surface area contributed by atoms with Crippen molar-refractivity contribution >= 4 is 0 Å². The van der Waals surface area contributed by atoms with Gasteiger partial charge in [-0.3, -0.25) is 0 Å². The minimum Gasteiger partial charge on any atom is -0.487 e. The van der Waals surface area contributed by atoms with E-state index in [1.54, 1.807) is 0 Å². The second-order valence-electron chi connectivity index (χ2n) is 4.34. The maximum absolute atomic E-state index is 10.0. The molecule has 1 aromatic carbocycles. The van der Waals surface area contributed by atoms with Crippen LogP contribution in [0.3, 0.4) is 0 Å². The van der Waals surface area contributed by atoms with Crippen LogP contribution in [0.5, 0.6) is 5.75 Å². The van der Waals surface area contributed by atoms with Gasteiger partial charge in [-0.25, -0.2) is 0 Å². The van der Waals surface area contributed by atoms with Crippen LogP contribution in [0.1, 0.15) is 25.3 Å². The van der Waals surface area contributed by atoms with E-state index in [0.29, 0.717) is 6.42 Å². The summed E-state index contributed by atoms with van der Waals surface area (Å²) in [5.74, 6) is 0.911. The minimum atomic E-state index is -0.445. The molecule has 2 nitrogen and oxygen atoms in total. The van der Waals surface area contributed by atoms with Crippen molar-refractivity contribution in [2.45, 2.75) is 38.4 Å². The Morgan fingerprint density at radius 1 is 1.56 bits per heavy atom. The van der Waals surface area contributed by atoms with E-state index >= 15 is 0 Å². The first-order chi connectivity index (χ1) is 7.70. The smallest absolute Gasteiger partial charge is 0.129 e. The summed E-state index contributed by atoms with van der Waals surface area (Å²) in [6.07, 6.45) is 1.79. The van der Waals surface area contributed by atoms with E-state index in [1.807, 2.05) is 18.2 Å². The van der Waals surface area contributed by atoms with Gasteiger partial charge in [0.1, 0.15) is 11.9 Å². The molecular formula is C14H18O2. The van der Waals surface area contributed by atoms with Crippen molar-refractivity contribution < 1.29 is 9.84 Å². The van der Waals surface area contributed by atoms with Crippen molar-refractivity contribution in [3.8, 4) is 5.75 Å². The zero-order valence-corrected chi connectivity index (χ0v) is 9.65. The van der Waals surface area contributed by atoms with E-state index in [2.05, 4.69) is 19.6 Å². The van der Waals surface area contributed by atoms with Crippen LogP contribution in [0.4, 0.5) is 0 Å². The molecule has 1 aromatic rings. The highest BCUT2D eigenvalue weighted by Gasteiger charge is 2.28. The van der Waals surface area contributed by atoms with Crippen molar-refractivity contribution in [1.29, 1.82) is 0 Å². The molecule has 0 amide bonds. The lowest BCUT2D eigenvalue weighted by Crippen LogP contribution is -2.30. The van der Waals surface area contributed by atoms with Gasteiger partial charge in [-0.1, -0.05) is 37.3 Å². The van der Waals surface area contributed by atoms with E-state index in [9.17, 15) is 5.11 Å². The molecule has 0 saturated carbocycles. The molecule has 0 aliphatic carbocycles. The molecule has 0 aromatic heterocycles. The van der Waals surface area contributed by atoms with Crippen LogP contribution < -0.4 is 4.74 Å². The average molecular weight is 218 g/mol. The topological polar surface area (TPSA) is 29.5 Å². The van der Waals surface area contributed by atoms with Crippen LogP contribution in [0, 0.1) is 0 Å². The Morgan fingerprint density at radius 3 is 3.00 bits per heavy atom.